The maximum atomic E-state index is 13.3. The summed E-state index contributed by atoms with van der Waals surface area (Å²) in [4.78, 5) is 24.5. The van der Waals surface area contributed by atoms with Crippen molar-refractivity contribution in [3.63, 3.8) is 0 Å². The summed E-state index contributed by atoms with van der Waals surface area (Å²) in [5, 5.41) is 0. The summed E-state index contributed by atoms with van der Waals surface area (Å²) in [6, 6.07) is 10.4. The Kier molecular flexibility index (Phi) is 7.13. The van der Waals surface area contributed by atoms with E-state index >= 15 is 0 Å². The van der Waals surface area contributed by atoms with E-state index in [0.29, 0.717) is 16.6 Å². The van der Waals surface area contributed by atoms with Gasteiger partial charge in [-0.3, -0.25) is 0 Å². The fourth-order valence-electron chi connectivity index (χ4n) is 2.10. The van der Waals surface area contributed by atoms with Crippen molar-refractivity contribution in [2.75, 3.05) is 6.61 Å². The molecule has 25 heavy (non-hydrogen) atoms. The van der Waals surface area contributed by atoms with Crippen LogP contribution in [0.4, 0.5) is 4.39 Å². The molecular weight excluding hydrogens is 391 g/mol. The molecule has 4 nitrogen and oxygen atoms in total. The predicted molar refractivity (Wildman–Crippen MR) is 94.9 cm³/mol. The van der Waals surface area contributed by atoms with Crippen LogP contribution in [0.2, 0.25) is 0 Å². The molecule has 6 heteroatoms. The highest BCUT2D eigenvalue weighted by Gasteiger charge is 2.19. The molecule has 0 saturated carbocycles. The van der Waals surface area contributed by atoms with Crippen molar-refractivity contribution in [3.8, 4) is 0 Å². The topological polar surface area (TPSA) is 52.6 Å². The van der Waals surface area contributed by atoms with Crippen molar-refractivity contribution in [2.45, 2.75) is 26.4 Å². The first kappa shape index (κ1) is 19.1. The quantitative estimate of drug-likeness (QED) is 0.482. The predicted octanol–water partition coefficient (Wildman–Crippen LogP) is 4.90. The second-order valence-electron chi connectivity index (χ2n) is 5.35. The van der Waals surface area contributed by atoms with Crippen molar-refractivity contribution in [3.05, 3.63) is 69.4 Å². The number of rotatable bonds is 7. The first-order valence-electron chi connectivity index (χ1n) is 7.90. The Morgan fingerprint density at radius 2 is 1.68 bits per heavy atom. The van der Waals surface area contributed by atoms with Crippen LogP contribution in [0.3, 0.4) is 0 Å². The van der Waals surface area contributed by atoms with E-state index in [1.807, 2.05) is 6.92 Å². The number of benzene rings is 2. The Morgan fingerprint density at radius 1 is 1.04 bits per heavy atom. The molecule has 0 aromatic heterocycles. The molecule has 0 saturated heterocycles. The third-order valence-electron chi connectivity index (χ3n) is 3.46. The summed E-state index contributed by atoms with van der Waals surface area (Å²) in [6.07, 6.45) is 1.66. The minimum absolute atomic E-state index is 0.115. The Labute approximate surface area is 154 Å². The zero-order valence-corrected chi connectivity index (χ0v) is 15.3. The maximum Gasteiger partial charge on any atom is 0.339 e. The zero-order valence-electron chi connectivity index (χ0n) is 13.8. The van der Waals surface area contributed by atoms with Gasteiger partial charge in [-0.15, -0.1) is 0 Å². The second-order valence-corrected chi connectivity index (χ2v) is 6.20. The van der Waals surface area contributed by atoms with E-state index in [4.69, 9.17) is 9.47 Å². The van der Waals surface area contributed by atoms with Crippen molar-refractivity contribution >= 4 is 27.9 Å². The number of esters is 2. The summed E-state index contributed by atoms with van der Waals surface area (Å²) in [5.41, 5.74) is 0.773. The molecule has 0 bridgehead atoms. The normalized spacial score (nSPS) is 10.4. The fourth-order valence-corrected chi connectivity index (χ4v) is 2.46. The van der Waals surface area contributed by atoms with Gasteiger partial charge < -0.3 is 9.47 Å². The lowest BCUT2D eigenvalue weighted by Crippen LogP contribution is -2.14. The van der Waals surface area contributed by atoms with E-state index in [9.17, 15) is 14.0 Å². The molecule has 0 atom stereocenters. The van der Waals surface area contributed by atoms with Crippen LogP contribution in [-0.2, 0) is 16.1 Å². The molecule has 2 aromatic carbocycles. The van der Waals surface area contributed by atoms with Crippen molar-refractivity contribution in [1.82, 2.24) is 0 Å². The van der Waals surface area contributed by atoms with Crippen LogP contribution in [0.15, 0.2) is 46.9 Å². The number of ether oxygens (including phenoxy) is 2. The van der Waals surface area contributed by atoms with Gasteiger partial charge in [-0.2, -0.15) is 0 Å². The summed E-state index contributed by atoms with van der Waals surface area (Å²) in [7, 11) is 0. The van der Waals surface area contributed by atoms with E-state index in [-0.39, 0.29) is 17.7 Å². The summed E-state index contributed by atoms with van der Waals surface area (Å²) < 4.78 is 24.3. The van der Waals surface area contributed by atoms with Crippen LogP contribution in [0.1, 0.15) is 46.0 Å². The van der Waals surface area contributed by atoms with Gasteiger partial charge in [-0.25, -0.2) is 14.0 Å². The third-order valence-corrected chi connectivity index (χ3v) is 4.24. The average molecular weight is 409 g/mol. The van der Waals surface area contributed by atoms with Crippen LogP contribution in [0.5, 0.6) is 0 Å². The molecule has 0 heterocycles. The van der Waals surface area contributed by atoms with Crippen LogP contribution < -0.4 is 0 Å². The van der Waals surface area contributed by atoms with Crippen LogP contribution in [0.25, 0.3) is 0 Å². The molecule has 0 aliphatic heterocycles. The number of carbonyl (C=O) groups is 2. The third kappa shape index (κ3) is 5.39. The number of hydrogen-bond donors (Lipinski definition) is 0. The number of halogens is 2. The Balaban J connectivity index is 2.09. The Bertz CT molecular complexity index is 761. The summed E-state index contributed by atoms with van der Waals surface area (Å²) in [5.74, 6) is -1.65. The highest BCUT2D eigenvalue weighted by molar-refractivity contribution is 9.10. The monoisotopic (exact) mass is 408 g/mol. The zero-order chi connectivity index (χ0) is 18.2. The molecule has 2 aromatic rings. The van der Waals surface area contributed by atoms with Gasteiger partial charge in [0.2, 0.25) is 0 Å². The van der Waals surface area contributed by atoms with Gasteiger partial charge in [0.1, 0.15) is 12.4 Å². The molecule has 0 fully saturated rings. The second kappa shape index (κ2) is 9.32. The summed E-state index contributed by atoms with van der Waals surface area (Å²) >= 11 is 3.28. The Hall–Kier alpha value is -2.21. The molecular formula is C19H18BrFO4. The largest absolute Gasteiger partial charge is 0.462 e. The lowest BCUT2D eigenvalue weighted by molar-refractivity contribution is 0.0436. The van der Waals surface area contributed by atoms with Crippen molar-refractivity contribution < 1.29 is 23.5 Å². The van der Waals surface area contributed by atoms with Gasteiger partial charge in [0, 0.05) is 10.0 Å². The molecule has 0 radical (unpaired) electrons. The lowest BCUT2D eigenvalue weighted by atomic mass is 10.1. The molecule has 0 spiro atoms. The first-order chi connectivity index (χ1) is 12.0. The van der Waals surface area contributed by atoms with Gasteiger partial charge in [-0.05, 0) is 36.8 Å². The molecule has 0 aliphatic rings. The first-order valence-corrected chi connectivity index (χ1v) is 8.69. The SMILES string of the molecule is CCCCOC(=O)c1ccccc1C(=O)OCc1cc(F)ccc1Br. The molecule has 0 unspecified atom stereocenters. The highest BCUT2D eigenvalue weighted by atomic mass is 79.9. The molecule has 2 rings (SSSR count). The van der Waals surface area contributed by atoms with Crippen molar-refractivity contribution in [1.29, 1.82) is 0 Å². The molecule has 0 amide bonds. The smallest absolute Gasteiger partial charge is 0.339 e. The van der Waals surface area contributed by atoms with Gasteiger partial charge >= 0.3 is 11.9 Å². The van der Waals surface area contributed by atoms with Crippen molar-refractivity contribution in [2.24, 2.45) is 0 Å². The Morgan fingerprint density at radius 3 is 2.32 bits per heavy atom. The van der Waals surface area contributed by atoms with E-state index in [1.165, 1.54) is 30.3 Å². The molecule has 132 valence electrons. The summed E-state index contributed by atoms with van der Waals surface area (Å²) in [6.45, 7) is 2.18. The number of unbranched alkanes of at least 4 members (excludes halogenated alkanes) is 1. The standard InChI is InChI=1S/C19H18BrFO4/c1-2-3-10-24-18(22)15-6-4-5-7-16(15)19(23)25-12-13-11-14(21)8-9-17(13)20/h4-9,11H,2-3,10,12H2,1H3. The minimum Gasteiger partial charge on any atom is -0.462 e. The molecule has 0 aliphatic carbocycles. The minimum atomic E-state index is -0.667. The molecule has 0 N–H and O–H groups in total. The van der Waals surface area contributed by atoms with Crippen LogP contribution >= 0.6 is 15.9 Å². The van der Waals surface area contributed by atoms with Gasteiger partial charge in [0.05, 0.1) is 17.7 Å². The number of carbonyl (C=O) groups excluding carboxylic acids is 2. The maximum absolute atomic E-state index is 13.3. The number of hydrogen-bond acceptors (Lipinski definition) is 4. The van der Waals surface area contributed by atoms with E-state index in [1.54, 1.807) is 12.1 Å². The van der Waals surface area contributed by atoms with Crippen LogP contribution in [0, 0.1) is 5.82 Å². The fraction of sp³-hybridized carbons (Fsp3) is 0.263. The van der Waals surface area contributed by atoms with Gasteiger partial charge in [-0.1, -0.05) is 41.4 Å². The highest BCUT2D eigenvalue weighted by Crippen LogP contribution is 2.20. The average Bonchev–Trinajstić information content (AvgIpc) is 2.62. The van der Waals surface area contributed by atoms with E-state index in [2.05, 4.69) is 15.9 Å². The van der Waals surface area contributed by atoms with Gasteiger partial charge in [0.25, 0.3) is 0 Å². The van der Waals surface area contributed by atoms with Gasteiger partial charge in [0.15, 0.2) is 0 Å². The van der Waals surface area contributed by atoms with E-state index < -0.39 is 17.8 Å². The lowest BCUT2D eigenvalue weighted by Gasteiger charge is -2.10. The van der Waals surface area contributed by atoms with E-state index in [0.717, 1.165) is 12.8 Å². The van der Waals surface area contributed by atoms with Crippen LogP contribution in [-0.4, -0.2) is 18.5 Å².